The maximum atomic E-state index is 14.0. The second kappa shape index (κ2) is 13.9. The van der Waals surface area contributed by atoms with Crippen LogP contribution in [0.3, 0.4) is 0 Å². The summed E-state index contributed by atoms with van der Waals surface area (Å²) in [4.78, 5) is 54.0. The largest absolute Gasteiger partial charge is 0.504 e. The molecule has 4 aromatic rings. The number of fused-ring (bicyclic) bond motifs is 4. The lowest BCUT2D eigenvalue weighted by molar-refractivity contribution is -0.283. The second-order valence-electron chi connectivity index (χ2n) is 12.0. The molecule has 13 N–H and O–H groups in total. The van der Waals surface area contributed by atoms with Gasteiger partial charge < -0.3 is 90.1 Å². The number of hydrogen-bond donors (Lipinski definition) is 13. The number of ether oxygens (including phenoxy) is 5. The van der Waals surface area contributed by atoms with Gasteiger partial charge in [-0.05, 0) is 36.4 Å². The summed E-state index contributed by atoms with van der Waals surface area (Å²) in [7, 11) is 0. The molecule has 1 fully saturated rings. The third kappa shape index (κ3) is 6.45. The number of phenolic OH excluding ortho intramolecular Hbond substituents is 12. The van der Waals surface area contributed by atoms with Crippen molar-refractivity contribution in [2.75, 3.05) is 6.61 Å². The summed E-state index contributed by atoms with van der Waals surface area (Å²) < 4.78 is 27.0. The van der Waals surface area contributed by atoms with E-state index in [2.05, 4.69) is 0 Å². The minimum absolute atomic E-state index is 0.467. The molecule has 0 radical (unpaired) electrons. The number of rotatable bonds is 4. The van der Waals surface area contributed by atoms with Crippen LogP contribution in [0.4, 0.5) is 0 Å². The van der Waals surface area contributed by atoms with Gasteiger partial charge in [-0.3, -0.25) is 0 Å². The van der Waals surface area contributed by atoms with Crippen molar-refractivity contribution < 1.29 is 109 Å². The molecule has 22 nitrogen and oxygen atoms in total. The first-order valence-corrected chi connectivity index (χ1v) is 15.5. The zero-order chi connectivity index (χ0) is 41.1. The summed E-state index contributed by atoms with van der Waals surface area (Å²) in [6.45, 7) is -1.12. The number of phenols is 12. The van der Waals surface area contributed by atoms with Gasteiger partial charge >= 0.3 is 23.9 Å². The van der Waals surface area contributed by atoms with Crippen LogP contribution in [0.15, 0.2) is 36.4 Å². The fourth-order valence-corrected chi connectivity index (χ4v) is 5.75. The zero-order valence-electron chi connectivity index (χ0n) is 27.5. The molecule has 22 heteroatoms. The van der Waals surface area contributed by atoms with Gasteiger partial charge in [0.1, 0.15) is 12.7 Å². The predicted molar refractivity (Wildman–Crippen MR) is 174 cm³/mol. The Kier molecular flexibility index (Phi) is 9.45. The number of aliphatic hydroxyl groups excluding tert-OH is 1. The number of benzene rings is 4. The van der Waals surface area contributed by atoms with Crippen LogP contribution in [0.5, 0.6) is 69.0 Å². The fraction of sp³-hybridized carbons (Fsp3) is 0.176. The van der Waals surface area contributed by atoms with Crippen LogP contribution in [0.2, 0.25) is 0 Å². The Morgan fingerprint density at radius 2 is 0.964 bits per heavy atom. The molecule has 4 aromatic carbocycles. The molecule has 294 valence electrons. The van der Waals surface area contributed by atoms with E-state index in [0.717, 1.165) is 0 Å². The number of aromatic hydroxyl groups is 12. The average molecular weight is 787 g/mol. The van der Waals surface area contributed by atoms with Crippen LogP contribution in [0.25, 0.3) is 11.1 Å². The highest BCUT2D eigenvalue weighted by molar-refractivity contribution is 6.08. The molecular formula is C34H26O22. The van der Waals surface area contributed by atoms with Crippen LogP contribution < -0.4 is 0 Å². The highest BCUT2D eigenvalue weighted by atomic mass is 16.7. The maximum absolute atomic E-state index is 14.0. The van der Waals surface area contributed by atoms with Gasteiger partial charge in [0, 0.05) is 11.1 Å². The van der Waals surface area contributed by atoms with Crippen molar-refractivity contribution in [2.45, 2.75) is 30.7 Å². The summed E-state index contributed by atoms with van der Waals surface area (Å²) in [5, 5.41) is 133. The summed E-state index contributed by atoms with van der Waals surface area (Å²) in [6.07, 6.45) is -11.2. The Morgan fingerprint density at radius 1 is 0.554 bits per heavy atom. The van der Waals surface area contributed by atoms with Gasteiger partial charge in [-0.2, -0.15) is 0 Å². The summed E-state index contributed by atoms with van der Waals surface area (Å²) in [6, 6.07) is 3.47. The van der Waals surface area contributed by atoms with Crippen LogP contribution in [-0.4, -0.2) is 128 Å². The lowest BCUT2D eigenvalue weighted by Gasteiger charge is -2.42. The summed E-state index contributed by atoms with van der Waals surface area (Å²) >= 11 is 0. The standard InChI is InChI=1S/C34H26O22/c35-12-1-8(2-13(36)21(12)41)30(48)55-29-27(47)34(56-31(49)9-3-14(37)22(42)15(38)4-9)53-18-7-52-32(50)10-5-16(39)23(43)25(45)19(10)20-11(33(51)54-28(18)29)6-17(40)24(44)26(20)46/h1-6,18,27-29,34-47H,7H2/t18?,27?,28-,29+,34+/m1/s1. The number of esters is 4. The third-order valence-electron chi connectivity index (χ3n) is 8.51. The molecule has 0 spiro atoms. The molecule has 2 heterocycles. The molecular weight excluding hydrogens is 760 g/mol. The quantitative estimate of drug-likeness (QED) is 0.0768. The van der Waals surface area contributed by atoms with Gasteiger partial charge in [0.05, 0.1) is 22.3 Å². The van der Waals surface area contributed by atoms with Crippen molar-refractivity contribution >= 4 is 23.9 Å². The monoisotopic (exact) mass is 786 g/mol. The Morgan fingerprint density at radius 3 is 1.43 bits per heavy atom. The minimum atomic E-state index is -2.42. The van der Waals surface area contributed by atoms with Crippen LogP contribution in [0.1, 0.15) is 41.4 Å². The SMILES string of the molecule is O=C(O[C@@H]1OC2COC(=O)c3cc(O)c(O)c(O)c3-c3c(cc(O)c(O)c3O)C(=O)O[C@H]2[C@@H](OC(=O)c2cc(O)c(O)c(O)c2)C1O)c1cc(O)c(O)c(O)c1. The van der Waals surface area contributed by atoms with Crippen molar-refractivity contribution in [3.05, 3.63) is 58.7 Å². The number of cyclic esters (lactones) is 1. The predicted octanol–water partition coefficient (Wildman–Crippen LogP) is 0.685. The molecule has 6 rings (SSSR count). The zero-order valence-corrected chi connectivity index (χ0v) is 27.5. The van der Waals surface area contributed by atoms with Crippen molar-refractivity contribution in [2.24, 2.45) is 0 Å². The molecule has 5 atom stereocenters. The number of hydrogen-bond acceptors (Lipinski definition) is 22. The number of carbonyl (C=O) groups excluding carboxylic acids is 4. The van der Waals surface area contributed by atoms with E-state index in [1.807, 2.05) is 0 Å². The van der Waals surface area contributed by atoms with E-state index in [0.29, 0.717) is 36.4 Å². The normalized spacial score (nSPS) is 20.6. The molecule has 0 saturated carbocycles. The van der Waals surface area contributed by atoms with Gasteiger partial charge in [-0.15, -0.1) is 0 Å². The summed E-state index contributed by atoms with van der Waals surface area (Å²) in [5.41, 5.74) is -5.21. The van der Waals surface area contributed by atoms with E-state index in [1.165, 1.54) is 0 Å². The van der Waals surface area contributed by atoms with Gasteiger partial charge in [-0.1, -0.05) is 0 Å². The molecule has 0 aromatic heterocycles. The van der Waals surface area contributed by atoms with Crippen LogP contribution in [0, 0.1) is 0 Å². The van der Waals surface area contributed by atoms with Gasteiger partial charge in [0.2, 0.25) is 17.8 Å². The molecule has 1 saturated heterocycles. The van der Waals surface area contributed by atoms with E-state index in [1.54, 1.807) is 0 Å². The minimum Gasteiger partial charge on any atom is -0.504 e. The van der Waals surface area contributed by atoms with Gasteiger partial charge in [0.15, 0.2) is 75.8 Å². The summed E-state index contributed by atoms with van der Waals surface area (Å²) in [5.74, 6) is -20.0. The Balaban J connectivity index is 1.49. The van der Waals surface area contributed by atoms with Crippen molar-refractivity contribution in [3.8, 4) is 80.1 Å². The first-order chi connectivity index (χ1) is 26.3. The average Bonchev–Trinajstić information content (AvgIpc) is 3.16. The smallest absolute Gasteiger partial charge is 0.340 e. The maximum Gasteiger partial charge on any atom is 0.340 e. The first kappa shape index (κ1) is 38.0. The van der Waals surface area contributed by atoms with E-state index in [9.17, 15) is 85.6 Å². The molecule has 2 unspecified atom stereocenters. The highest BCUT2D eigenvalue weighted by Crippen LogP contribution is 2.53. The van der Waals surface area contributed by atoms with E-state index in [-0.39, 0.29) is 0 Å². The lowest BCUT2D eigenvalue weighted by Crippen LogP contribution is -2.62. The number of aliphatic hydroxyl groups is 1. The molecule has 2 aliphatic rings. The van der Waals surface area contributed by atoms with E-state index < -0.39 is 164 Å². The molecule has 2 aliphatic heterocycles. The van der Waals surface area contributed by atoms with Crippen molar-refractivity contribution in [1.29, 1.82) is 0 Å². The van der Waals surface area contributed by atoms with Crippen molar-refractivity contribution in [3.63, 3.8) is 0 Å². The van der Waals surface area contributed by atoms with Crippen molar-refractivity contribution in [1.82, 2.24) is 0 Å². The van der Waals surface area contributed by atoms with Gasteiger partial charge in [-0.25, -0.2) is 19.2 Å². The highest BCUT2D eigenvalue weighted by Gasteiger charge is 2.53. The molecule has 56 heavy (non-hydrogen) atoms. The molecule has 0 amide bonds. The Labute approximate surface area is 309 Å². The first-order valence-electron chi connectivity index (χ1n) is 15.5. The Hall–Kier alpha value is -7.72. The van der Waals surface area contributed by atoms with E-state index in [4.69, 9.17) is 23.7 Å². The van der Waals surface area contributed by atoms with Crippen LogP contribution >= 0.6 is 0 Å². The third-order valence-corrected chi connectivity index (χ3v) is 8.51. The second-order valence-corrected chi connectivity index (χ2v) is 12.0. The molecule has 0 aliphatic carbocycles. The van der Waals surface area contributed by atoms with Crippen LogP contribution in [-0.2, 0) is 23.7 Å². The van der Waals surface area contributed by atoms with E-state index >= 15 is 0 Å². The molecule has 0 bridgehead atoms. The Bertz CT molecular complexity index is 2290. The van der Waals surface area contributed by atoms with Gasteiger partial charge in [0.25, 0.3) is 0 Å². The lowest BCUT2D eigenvalue weighted by atomic mass is 9.92. The number of carbonyl (C=O) groups is 4. The topological polar surface area (TPSA) is 377 Å². The fourth-order valence-electron chi connectivity index (χ4n) is 5.75.